The second kappa shape index (κ2) is 3.81. The van der Waals surface area contributed by atoms with E-state index in [1.165, 1.54) is 0 Å². The van der Waals surface area contributed by atoms with E-state index in [2.05, 4.69) is 0 Å². The molecule has 0 spiro atoms. The molecule has 0 N–H and O–H groups in total. The number of carbonyl (C=O) groups is 1. The molecule has 0 amide bonds. The lowest BCUT2D eigenvalue weighted by Crippen LogP contribution is -2.35. The summed E-state index contributed by atoms with van der Waals surface area (Å²) in [5, 5.41) is 0. The van der Waals surface area contributed by atoms with Crippen molar-refractivity contribution in [1.29, 1.82) is 0 Å². The van der Waals surface area contributed by atoms with Crippen LogP contribution in [0.15, 0.2) is 23.8 Å². The van der Waals surface area contributed by atoms with E-state index in [0.717, 1.165) is 0 Å². The Balaban J connectivity index is 2.26. The van der Waals surface area contributed by atoms with Gasteiger partial charge in [0.2, 0.25) is 0 Å². The van der Waals surface area contributed by atoms with Gasteiger partial charge in [-0.15, -0.1) is 0 Å². The van der Waals surface area contributed by atoms with E-state index in [1.54, 1.807) is 0 Å². The van der Waals surface area contributed by atoms with Crippen molar-refractivity contribution in [2.75, 3.05) is 0 Å². The minimum atomic E-state index is -0.224. The van der Waals surface area contributed by atoms with Gasteiger partial charge in [-0.2, -0.15) is 0 Å². The smallest absolute Gasteiger partial charge is 0.336 e. The molecule has 2 heterocycles. The molecule has 3 nitrogen and oxygen atoms in total. The quantitative estimate of drug-likeness (QED) is 0.487. The molecular formula is C12H16O3. The SMILES string of the molecule is C/C=C/[C@H]1O[C@H]2C(=C[C@H]1C)C(=O)O[C@H]2C. The van der Waals surface area contributed by atoms with Gasteiger partial charge >= 0.3 is 5.97 Å². The van der Waals surface area contributed by atoms with Crippen LogP contribution in [0.1, 0.15) is 20.8 Å². The molecule has 2 aliphatic heterocycles. The highest BCUT2D eigenvalue weighted by Gasteiger charge is 2.42. The number of ether oxygens (including phenoxy) is 2. The van der Waals surface area contributed by atoms with Gasteiger partial charge in [0, 0.05) is 5.92 Å². The number of fused-ring (bicyclic) bond motifs is 1. The van der Waals surface area contributed by atoms with Crippen molar-refractivity contribution in [3.05, 3.63) is 23.8 Å². The Labute approximate surface area is 89.8 Å². The van der Waals surface area contributed by atoms with Gasteiger partial charge in [-0.25, -0.2) is 4.79 Å². The summed E-state index contributed by atoms with van der Waals surface area (Å²) in [6.07, 6.45) is 5.68. The summed E-state index contributed by atoms with van der Waals surface area (Å²) >= 11 is 0. The molecular weight excluding hydrogens is 192 g/mol. The minimum Gasteiger partial charge on any atom is -0.456 e. The van der Waals surface area contributed by atoms with Crippen molar-refractivity contribution in [3.63, 3.8) is 0 Å². The second-order valence-corrected chi connectivity index (χ2v) is 4.14. The van der Waals surface area contributed by atoms with Gasteiger partial charge in [-0.3, -0.25) is 0 Å². The van der Waals surface area contributed by atoms with Gasteiger partial charge in [0.15, 0.2) is 0 Å². The summed E-state index contributed by atoms with van der Waals surface area (Å²) in [6, 6.07) is 0. The molecule has 0 aliphatic carbocycles. The lowest BCUT2D eigenvalue weighted by Gasteiger charge is -2.29. The molecule has 0 unspecified atom stereocenters. The Morgan fingerprint density at radius 3 is 2.80 bits per heavy atom. The maximum Gasteiger partial charge on any atom is 0.336 e. The van der Waals surface area contributed by atoms with Gasteiger partial charge in [0.1, 0.15) is 12.2 Å². The number of allylic oxidation sites excluding steroid dienone is 1. The molecule has 4 atom stereocenters. The first-order valence-corrected chi connectivity index (χ1v) is 5.34. The van der Waals surface area contributed by atoms with Gasteiger partial charge in [0.25, 0.3) is 0 Å². The molecule has 0 aromatic carbocycles. The molecule has 0 radical (unpaired) electrons. The van der Waals surface area contributed by atoms with Gasteiger partial charge < -0.3 is 9.47 Å². The number of rotatable bonds is 1. The van der Waals surface area contributed by atoms with Crippen LogP contribution in [0.25, 0.3) is 0 Å². The topological polar surface area (TPSA) is 35.5 Å². The average molecular weight is 208 g/mol. The van der Waals surface area contributed by atoms with Crippen LogP contribution >= 0.6 is 0 Å². The maximum absolute atomic E-state index is 11.4. The lowest BCUT2D eigenvalue weighted by molar-refractivity contribution is -0.139. The minimum absolute atomic E-state index is 0.0562. The van der Waals surface area contributed by atoms with Gasteiger partial charge in [-0.1, -0.05) is 25.2 Å². The summed E-state index contributed by atoms with van der Waals surface area (Å²) < 4.78 is 11.0. The molecule has 15 heavy (non-hydrogen) atoms. The number of carbonyl (C=O) groups excluding carboxylic acids is 1. The van der Waals surface area contributed by atoms with Crippen molar-refractivity contribution in [2.45, 2.75) is 39.1 Å². The zero-order valence-corrected chi connectivity index (χ0v) is 9.27. The van der Waals surface area contributed by atoms with Crippen LogP contribution in [0.5, 0.6) is 0 Å². The third kappa shape index (κ3) is 1.72. The van der Waals surface area contributed by atoms with Crippen molar-refractivity contribution < 1.29 is 14.3 Å². The molecule has 0 bridgehead atoms. The Bertz CT molecular complexity index is 330. The van der Waals surface area contributed by atoms with E-state index in [0.29, 0.717) is 5.57 Å². The molecule has 0 aromatic heterocycles. The Hall–Kier alpha value is -1.09. The highest BCUT2D eigenvalue weighted by Crippen LogP contribution is 2.33. The fourth-order valence-electron chi connectivity index (χ4n) is 2.10. The first-order valence-electron chi connectivity index (χ1n) is 5.34. The molecule has 0 aromatic rings. The van der Waals surface area contributed by atoms with E-state index in [1.807, 2.05) is 39.0 Å². The van der Waals surface area contributed by atoms with E-state index in [4.69, 9.17) is 9.47 Å². The van der Waals surface area contributed by atoms with E-state index in [-0.39, 0.29) is 30.2 Å². The summed E-state index contributed by atoms with van der Waals surface area (Å²) in [6.45, 7) is 5.88. The molecule has 82 valence electrons. The zero-order chi connectivity index (χ0) is 11.0. The number of cyclic esters (lactones) is 1. The van der Waals surface area contributed by atoms with Crippen LogP contribution in [0, 0.1) is 5.92 Å². The third-order valence-electron chi connectivity index (χ3n) is 2.91. The van der Waals surface area contributed by atoms with Crippen LogP contribution in [0.2, 0.25) is 0 Å². The van der Waals surface area contributed by atoms with E-state index in [9.17, 15) is 4.79 Å². The van der Waals surface area contributed by atoms with Crippen molar-refractivity contribution in [3.8, 4) is 0 Å². The second-order valence-electron chi connectivity index (χ2n) is 4.14. The third-order valence-corrected chi connectivity index (χ3v) is 2.91. The predicted molar refractivity (Wildman–Crippen MR) is 56.3 cm³/mol. The standard InChI is InChI=1S/C12H16O3/c1-4-5-10-7(2)6-9-11(15-10)8(3)14-12(9)13/h4-8,10-11H,1-3H3/b5-4+/t7-,8+,10-,11-/m1/s1. The lowest BCUT2D eigenvalue weighted by atomic mass is 9.94. The Morgan fingerprint density at radius 1 is 1.40 bits per heavy atom. The monoisotopic (exact) mass is 208 g/mol. The first-order chi connectivity index (χ1) is 7.13. The summed E-state index contributed by atoms with van der Waals surface area (Å²) in [7, 11) is 0. The summed E-state index contributed by atoms with van der Waals surface area (Å²) in [4.78, 5) is 11.4. The molecule has 2 aliphatic rings. The number of esters is 1. The van der Waals surface area contributed by atoms with Crippen LogP contribution in [-0.2, 0) is 14.3 Å². The first kappa shape index (κ1) is 10.4. The average Bonchev–Trinajstić information content (AvgIpc) is 2.44. The zero-order valence-electron chi connectivity index (χ0n) is 9.27. The molecule has 2 rings (SSSR count). The molecule has 0 saturated carbocycles. The number of hydrogen-bond donors (Lipinski definition) is 0. The molecule has 1 fully saturated rings. The van der Waals surface area contributed by atoms with Crippen molar-refractivity contribution in [1.82, 2.24) is 0 Å². The fraction of sp³-hybridized carbons (Fsp3) is 0.583. The van der Waals surface area contributed by atoms with Gasteiger partial charge in [0.05, 0.1) is 11.7 Å². The molecule has 3 heteroatoms. The van der Waals surface area contributed by atoms with Crippen LogP contribution in [0.4, 0.5) is 0 Å². The van der Waals surface area contributed by atoms with E-state index >= 15 is 0 Å². The van der Waals surface area contributed by atoms with Gasteiger partial charge in [-0.05, 0) is 13.8 Å². The van der Waals surface area contributed by atoms with Crippen molar-refractivity contribution >= 4 is 5.97 Å². The van der Waals surface area contributed by atoms with Crippen LogP contribution in [0.3, 0.4) is 0 Å². The predicted octanol–water partition coefficient (Wildman–Crippen LogP) is 1.84. The molecule has 1 saturated heterocycles. The fourth-order valence-corrected chi connectivity index (χ4v) is 2.10. The normalized spacial score (nSPS) is 40.2. The van der Waals surface area contributed by atoms with E-state index < -0.39 is 0 Å². The van der Waals surface area contributed by atoms with Crippen molar-refractivity contribution in [2.24, 2.45) is 5.92 Å². The summed E-state index contributed by atoms with van der Waals surface area (Å²) in [5.74, 6) is 0.00331. The van der Waals surface area contributed by atoms with Crippen LogP contribution in [-0.4, -0.2) is 24.3 Å². The summed E-state index contributed by atoms with van der Waals surface area (Å²) in [5.41, 5.74) is 0.691. The maximum atomic E-state index is 11.4. The number of hydrogen-bond acceptors (Lipinski definition) is 3. The largest absolute Gasteiger partial charge is 0.456 e. The Morgan fingerprint density at radius 2 is 2.13 bits per heavy atom. The highest BCUT2D eigenvalue weighted by atomic mass is 16.6. The Kier molecular flexibility index (Phi) is 2.65. The highest BCUT2D eigenvalue weighted by molar-refractivity contribution is 5.92. The van der Waals surface area contributed by atoms with Crippen LogP contribution < -0.4 is 0 Å².